The van der Waals surface area contributed by atoms with Crippen LogP contribution in [0, 0.1) is 10.8 Å². The van der Waals surface area contributed by atoms with Crippen LogP contribution in [0.4, 0.5) is 24.5 Å². The van der Waals surface area contributed by atoms with Gasteiger partial charge in [0.1, 0.15) is 10.9 Å². The molecule has 3 heterocycles. The minimum atomic E-state index is -6.15. The highest BCUT2D eigenvalue weighted by Crippen LogP contribution is 2.43. The van der Waals surface area contributed by atoms with Gasteiger partial charge in [0.05, 0.1) is 10.6 Å². The van der Waals surface area contributed by atoms with Gasteiger partial charge in [-0.1, -0.05) is 88.5 Å². The molecule has 0 spiro atoms. The summed E-state index contributed by atoms with van der Waals surface area (Å²) in [6.07, 6.45) is 7.74. The molecule has 480 valence electrons. The maximum Gasteiger partial charge on any atom is 0.501 e. The molecular weight excluding hydrogens is 1210 g/mol. The molecule has 0 aromatic heterocycles. The number of hydrogen-bond acceptors (Lipinski definition) is 13. The summed E-state index contributed by atoms with van der Waals surface area (Å²) in [5.41, 5.74) is -1.70. The monoisotopic (exact) mass is 1290 g/mol. The smallest absolute Gasteiger partial charge is 0.380 e. The molecule has 4 aromatic rings. The third-order valence-corrected chi connectivity index (χ3v) is 21.6. The average molecular weight is 1300 g/mol. The molecule has 0 saturated carbocycles. The van der Waals surface area contributed by atoms with E-state index in [-0.39, 0.29) is 46.9 Å². The number of rotatable bonds is 24. The van der Waals surface area contributed by atoms with Crippen LogP contribution in [0.3, 0.4) is 0 Å². The number of alkyl halides is 3. The van der Waals surface area contributed by atoms with Crippen molar-refractivity contribution in [3.63, 3.8) is 0 Å². The number of sulfonamides is 1. The van der Waals surface area contributed by atoms with Crippen LogP contribution in [-0.4, -0.2) is 161 Å². The Balaban J connectivity index is 0.846. The van der Waals surface area contributed by atoms with Crippen molar-refractivity contribution in [2.75, 3.05) is 88.0 Å². The number of thioether (sulfide) groups is 1. The molecule has 3 aliphatic heterocycles. The van der Waals surface area contributed by atoms with E-state index in [0.29, 0.717) is 95.6 Å². The van der Waals surface area contributed by atoms with Gasteiger partial charge in [-0.25, -0.2) is 21.6 Å². The van der Waals surface area contributed by atoms with Gasteiger partial charge in [-0.2, -0.15) is 13.2 Å². The molecule has 16 nitrogen and oxygen atoms in total. The first-order chi connectivity index (χ1) is 41.6. The zero-order valence-corrected chi connectivity index (χ0v) is 54.7. The second-order valence-electron chi connectivity index (χ2n) is 25.7. The SMILES string of the molecule is CC1CCCN1C(=O)C(NC(=O)CCCCCC(=O)N1CCN(CCC(CSc2ccccc2)Nc2ccc(S(=O)(=O)NC(=O)c3ccc(N4CCN(CC5=C(c6ccc(Cl)cc6)CCC(C)(C)C5)CC4)cc3)cc2S(=O)(=O)C(F)(F)F)CC1)C(C)(C)C. The minimum absolute atomic E-state index is 0.00289. The Hall–Kier alpha value is -5.65. The van der Waals surface area contributed by atoms with Crippen molar-refractivity contribution in [1.29, 1.82) is 0 Å². The number of benzene rings is 4. The number of likely N-dealkylation sites (tertiary alicyclic amines) is 1. The molecule has 4 aliphatic rings. The van der Waals surface area contributed by atoms with E-state index in [1.165, 1.54) is 40.6 Å². The van der Waals surface area contributed by atoms with Crippen molar-refractivity contribution in [2.24, 2.45) is 10.8 Å². The van der Waals surface area contributed by atoms with Crippen LogP contribution in [0.25, 0.3) is 5.57 Å². The highest BCUT2D eigenvalue weighted by Gasteiger charge is 2.49. The highest BCUT2D eigenvalue weighted by atomic mass is 35.5. The Morgan fingerprint density at radius 1 is 0.784 bits per heavy atom. The summed E-state index contributed by atoms with van der Waals surface area (Å²) < 4.78 is 99.8. The summed E-state index contributed by atoms with van der Waals surface area (Å²) in [6, 6.07) is 25.0. The van der Waals surface area contributed by atoms with Crippen molar-refractivity contribution in [3.8, 4) is 0 Å². The van der Waals surface area contributed by atoms with E-state index < -0.39 is 64.3 Å². The van der Waals surface area contributed by atoms with Gasteiger partial charge in [0.15, 0.2) is 0 Å². The van der Waals surface area contributed by atoms with Crippen molar-refractivity contribution < 1.29 is 49.2 Å². The fraction of sp³-hybridized carbons (Fsp3) is 0.538. The molecule has 23 heteroatoms. The Labute approximate surface area is 527 Å². The Kier molecular flexibility index (Phi) is 22.9. The van der Waals surface area contributed by atoms with Crippen LogP contribution in [0.5, 0.6) is 0 Å². The topological polar surface area (TPSA) is 189 Å². The summed E-state index contributed by atoms with van der Waals surface area (Å²) in [6.45, 7) is 19.5. The first-order valence-electron chi connectivity index (χ1n) is 30.7. The van der Waals surface area contributed by atoms with Crippen molar-refractivity contribution in [2.45, 2.75) is 150 Å². The van der Waals surface area contributed by atoms with E-state index in [9.17, 15) is 49.2 Å². The molecule has 0 radical (unpaired) electrons. The largest absolute Gasteiger partial charge is 0.501 e. The summed E-state index contributed by atoms with van der Waals surface area (Å²) in [4.78, 5) is 62.4. The third-order valence-electron chi connectivity index (χ3n) is 17.4. The standard InChI is InChI=1S/C65H86ClF3N8O8S3/c1-46-14-13-32-77(46)62(81)60(63(2,3)4)71-58(78)17-11-8-12-18-59(79)76-40-34-73(35-41-76)33-30-51(45-86-53-15-9-7-10-16-53)70-56-28-27-54(42-57(56)87(82,83)65(67,68)69)88(84,85)72-61(80)48-21-25-52(26-22-48)75-38-36-74(37-39-75)44-49-43-64(5,6)31-29-55(49)47-19-23-50(66)24-20-47/h7,9-10,15-16,19-28,42,46,51,60,70H,8,11-14,17-18,29-41,43-45H2,1-6H3,(H,71,78)(H,72,80). The first-order valence-corrected chi connectivity index (χ1v) is 35.0. The highest BCUT2D eigenvalue weighted by molar-refractivity contribution is 7.99. The van der Waals surface area contributed by atoms with Gasteiger partial charge in [-0.15, -0.1) is 11.8 Å². The quantitative estimate of drug-likeness (QED) is 0.0444. The summed E-state index contributed by atoms with van der Waals surface area (Å²) in [5, 5.41) is 6.71. The van der Waals surface area contributed by atoms with E-state index >= 15 is 0 Å². The van der Waals surface area contributed by atoms with Crippen molar-refractivity contribution in [3.05, 3.63) is 119 Å². The second-order valence-corrected chi connectivity index (χ2v) is 30.8. The van der Waals surface area contributed by atoms with Gasteiger partial charge in [0, 0.05) is 124 Å². The average Bonchev–Trinajstić information content (AvgIpc) is 2.19. The van der Waals surface area contributed by atoms with Gasteiger partial charge in [-0.05, 0) is 147 Å². The maximum absolute atomic E-state index is 14.5. The minimum Gasteiger partial charge on any atom is -0.380 e. The van der Waals surface area contributed by atoms with E-state index in [0.717, 1.165) is 74.5 Å². The normalized spacial score (nSPS) is 18.9. The summed E-state index contributed by atoms with van der Waals surface area (Å²) in [7, 11) is -11.1. The number of nitrogens with one attached hydrogen (secondary N) is 3. The number of halogens is 4. The van der Waals surface area contributed by atoms with Gasteiger partial charge in [0.25, 0.3) is 25.8 Å². The summed E-state index contributed by atoms with van der Waals surface area (Å²) in [5.74, 6) is -1.00. The predicted octanol–water partition coefficient (Wildman–Crippen LogP) is 11.1. The lowest BCUT2D eigenvalue weighted by Gasteiger charge is -2.39. The molecule has 4 amide bonds. The second kappa shape index (κ2) is 29.5. The van der Waals surface area contributed by atoms with Crippen molar-refractivity contribution >= 4 is 83.8 Å². The lowest BCUT2D eigenvalue weighted by atomic mass is 9.73. The van der Waals surface area contributed by atoms with Crippen LogP contribution in [0.1, 0.15) is 128 Å². The molecule has 3 N–H and O–H groups in total. The van der Waals surface area contributed by atoms with E-state index in [1.54, 1.807) is 17.0 Å². The molecule has 4 aromatic carbocycles. The van der Waals surface area contributed by atoms with Gasteiger partial charge in [-0.3, -0.25) is 29.0 Å². The molecule has 3 saturated heterocycles. The predicted molar refractivity (Wildman–Crippen MR) is 343 cm³/mol. The molecule has 3 fully saturated rings. The number of anilines is 2. The van der Waals surface area contributed by atoms with Crippen LogP contribution >= 0.6 is 23.4 Å². The zero-order valence-electron chi connectivity index (χ0n) is 51.5. The fourth-order valence-electron chi connectivity index (χ4n) is 12.1. The number of unbranched alkanes of at least 4 members (excludes halogenated alkanes) is 2. The van der Waals surface area contributed by atoms with Crippen LogP contribution < -0.4 is 20.3 Å². The number of sulfone groups is 1. The molecule has 3 atom stereocenters. The molecule has 3 unspecified atom stereocenters. The fourth-order valence-corrected chi connectivity index (χ4v) is 15.2. The van der Waals surface area contributed by atoms with Crippen molar-refractivity contribution in [1.82, 2.24) is 29.6 Å². The number of carbonyl (C=O) groups is 4. The van der Waals surface area contributed by atoms with Gasteiger partial charge >= 0.3 is 5.51 Å². The summed E-state index contributed by atoms with van der Waals surface area (Å²) >= 11 is 7.62. The number of piperazine rings is 2. The van der Waals surface area contributed by atoms with Crippen LogP contribution in [0.15, 0.2) is 117 Å². The number of carbonyl (C=O) groups excluding carboxylic acids is 4. The number of nitrogens with zero attached hydrogens (tertiary/aromatic N) is 5. The number of allylic oxidation sites excluding steroid dienone is 1. The number of hydrogen-bond donors (Lipinski definition) is 3. The van der Waals surface area contributed by atoms with Gasteiger partial charge < -0.3 is 25.3 Å². The van der Waals surface area contributed by atoms with Crippen LogP contribution in [-0.2, 0) is 34.2 Å². The molecule has 88 heavy (non-hydrogen) atoms. The lowest BCUT2D eigenvalue weighted by Crippen LogP contribution is -2.55. The molecular formula is C65H86ClF3N8O8S3. The number of amides is 4. The molecule has 1 aliphatic carbocycles. The van der Waals surface area contributed by atoms with E-state index in [1.807, 2.05) is 79.8 Å². The van der Waals surface area contributed by atoms with E-state index in [2.05, 4.69) is 51.3 Å². The first kappa shape index (κ1) is 68.3. The lowest BCUT2D eigenvalue weighted by molar-refractivity contribution is -0.140. The molecule has 8 rings (SSSR count). The Morgan fingerprint density at radius 2 is 1.44 bits per heavy atom. The van der Waals surface area contributed by atoms with Gasteiger partial charge in [0.2, 0.25) is 17.7 Å². The Morgan fingerprint density at radius 3 is 2.08 bits per heavy atom. The molecule has 0 bridgehead atoms. The zero-order chi connectivity index (χ0) is 63.6. The Bertz CT molecular complexity index is 3330. The third kappa shape index (κ3) is 18.3. The van der Waals surface area contributed by atoms with Crippen LogP contribution in [0.2, 0.25) is 5.02 Å². The van der Waals surface area contributed by atoms with E-state index in [4.69, 9.17) is 11.6 Å². The maximum atomic E-state index is 14.5.